The van der Waals surface area contributed by atoms with Gasteiger partial charge in [-0.3, -0.25) is 24.0 Å². The molecule has 1 heterocycles. The zero-order valence-electron chi connectivity index (χ0n) is 24.3. The van der Waals surface area contributed by atoms with Crippen LogP contribution in [0.5, 0.6) is 0 Å². The van der Waals surface area contributed by atoms with Gasteiger partial charge >= 0.3 is 12.0 Å². The van der Waals surface area contributed by atoms with Crippen molar-refractivity contribution < 1.29 is 33.5 Å². The fourth-order valence-electron chi connectivity index (χ4n) is 4.51. The quantitative estimate of drug-likeness (QED) is 0.139. The van der Waals surface area contributed by atoms with Crippen LogP contribution >= 0.6 is 0 Å². The number of likely N-dealkylation sites (tertiary alicyclic amines) is 1. The summed E-state index contributed by atoms with van der Waals surface area (Å²) in [7, 11) is 0. The molecule has 0 bridgehead atoms. The number of esters is 1. The second kappa shape index (κ2) is 14.8. The lowest BCUT2D eigenvalue weighted by Gasteiger charge is -2.36. The van der Waals surface area contributed by atoms with E-state index in [-0.39, 0.29) is 32.0 Å². The van der Waals surface area contributed by atoms with Crippen molar-refractivity contribution in [2.75, 3.05) is 26.2 Å². The van der Waals surface area contributed by atoms with Crippen molar-refractivity contribution in [1.29, 1.82) is 0 Å². The number of nitrogens with one attached hydrogen (secondary N) is 4. The predicted molar refractivity (Wildman–Crippen MR) is 148 cm³/mol. The van der Waals surface area contributed by atoms with Crippen molar-refractivity contribution in [3.63, 3.8) is 0 Å². The molecule has 4 N–H and O–H groups in total. The highest BCUT2D eigenvalue weighted by Crippen LogP contribution is 2.30. The Labute approximate surface area is 236 Å². The highest BCUT2D eigenvalue weighted by molar-refractivity contribution is 6.38. The highest BCUT2D eigenvalue weighted by Gasteiger charge is 2.45. The van der Waals surface area contributed by atoms with E-state index in [1.807, 2.05) is 13.8 Å². The van der Waals surface area contributed by atoms with Crippen molar-refractivity contribution in [1.82, 2.24) is 26.2 Å². The Morgan fingerprint density at radius 1 is 1.05 bits per heavy atom. The van der Waals surface area contributed by atoms with E-state index in [0.29, 0.717) is 25.4 Å². The lowest BCUT2D eigenvalue weighted by molar-refractivity contribution is -0.144. The number of hydrogen-bond acceptors (Lipinski definition) is 7. The van der Waals surface area contributed by atoms with E-state index < -0.39 is 59.0 Å². The Bertz CT molecular complexity index is 973. The average molecular weight is 564 g/mol. The van der Waals surface area contributed by atoms with Crippen LogP contribution in [0.3, 0.4) is 0 Å². The molecule has 1 aliphatic carbocycles. The van der Waals surface area contributed by atoms with E-state index in [4.69, 9.17) is 4.74 Å². The van der Waals surface area contributed by atoms with Gasteiger partial charge in [0.2, 0.25) is 17.6 Å². The summed E-state index contributed by atoms with van der Waals surface area (Å²) in [6.07, 6.45) is 4.87. The van der Waals surface area contributed by atoms with Crippen LogP contribution in [0.1, 0.15) is 66.7 Å². The SMILES string of the molecule is C=CCNC(=O)C(=O)C(CCC)NC(=O)C1C(C)CCN1C(=O)C(NC(=O)NCC(=O)OCC1CC1)C(C)(C)C. The molecule has 1 aliphatic heterocycles. The van der Waals surface area contributed by atoms with E-state index in [1.54, 1.807) is 20.8 Å². The maximum atomic E-state index is 13.8. The largest absolute Gasteiger partial charge is 0.464 e. The Hall–Kier alpha value is -3.44. The van der Waals surface area contributed by atoms with Crippen LogP contribution < -0.4 is 21.3 Å². The van der Waals surface area contributed by atoms with Gasteiger partial charge in [0.15, 0.2) is 0 Å². The predicted octanol–water partition coefficient (Wildman–Crippen LogP) is 1.05. The first-order valence-corrected chi connectivity index (χ1v) is 14.0. The number of hydrogen-bond donors (Lipinski definition) is 4. The summed E-state index contributed by atoms with van der Waals surface area (Å²) in [4.78, 5) is 78.1. The van der Waals surface area contributed by atoms with Crippen LogP contribution in [0.25, 0.3) is 0 Å². The van der Waals surface area contributed by atoms with Gasteiger partial charge in [0.25, 0.3) is 5.91 Å². The van der Waals surface area contributed by atoms with Crippen LogP contribution in [0.4, 0.5) is 4.79 Å². The topological polar surface area (TPSA) is 163 Å². The van der Waals surface area contributed by atoms with E-state index in [0.717, 1.165) is 12.8 Å². The zero-order valence-corrected chi connectivity index (χ0v) is 24.3. The molecule has 1 saturated heterocycles. The van der Waals surface area contributed by atoms with E-state index in [9.17, 15) is 28.8 Å². The molecule has 4 atom stereocenters. The smallest absolute Gasteiger partial charge is 0.325 e. The molecule has 0 aromatic heterocycles. The molecule has 224 valence electrons. The average Bonchev–Trinajstić information content (AvgIpc) is 3.65. The first-order valence-electron chi connectivity index (χ1n) is 14.0. The van der Waals surface area contributed by atoms with Gasteiger partial charge in [-0.15, -0.1) is 6.58 Å². The molecule has 1 saturated carbocycles. The number of nitrogens with zero attached hydrogens (tertiary/aromatic N) is 1. The molecule has 12 heteroatoms. The first kappa shape index (κ1) is 32.8. The van der Waals surface area contributed by atoms with Crippen molar-refractivity contribution in [2.45, 2.75) is 84.8 Å². The fraction of sp³-hybridized carbons (Fsp3) is 0.714. The fourth-order valence-corrected chi connectivity index (χ4v) is 4.51. The number of ketones is 1. The Kier molecular flexibility index (Phi) is 12.1. The van der Waals surface area contributed by atoms with Gasteiger partial charge in [-0.05, 0) is 42.9 Å². The van der Waals surface area contributed by atoms with Crippen molar-refractivity contribution in [3.05, 3.63) is 12.7 Å². The number of carbonyl (C=O) groups is 6. The van der Waals surface area contributed by atoms with Crippen LogP contribution in [0, 0.1) is 17.3 Å². The van der Waals surface area contributed by atoms with Crippen molar-refractivity contribution >= 4 is 35.5 Å². The molecule has 0 aromatic rings. The summed E-state index contributed by atoms with van der Waals surface area (Å²) in [6, 6.07) is -3.63. The maximum absolute atomic E-state index is 13.8. The zero-order chi connectivity index (χ0) is 30.0. The van der Waals surface area contributed by atoms with E-state index in [2.05, 4.69) is 27.8 Å². The molecular weight excluding hydrogens is 518 g/mol. The number of Topliss-reactive ketones (excluding diaryl/α,β-unsaturated/α-hetero) is 1. The summed E-state index contributed by atoms with van der Waals surface area (Å²) in [5.74, 6) is -2.93. The molecule has 2 aliphatic rings. The number of rotatable bonds is 14. The lowest BCUT2D eigenvalue weighted by Crippen LogP contribution is -2.60. The van der Waals surface area contributed by atoms with Gasteiger partial charge in [-0.25, -0.2) is 4.79 Å². The first-order chi connectivity index (χ1) is 18.8. The van der Waals surface area contributed by atoms with Crippen molar-refractivity contribution in [2.24, 2.45) is 17.3 Å². The van der Waals surface area contributed by atoms with Gasteiger partial charge in [0, 0.05) is 13.1 Å². The molecule has 40 heavy (non-hydrogen) atoms. The number of amides is 5. The number of urea groups is 1. The normalized spacial score (nSPS) is 20.1. The minimum absolute atomic E-state index is 0.121. The molecule has 2 fully saturated rings. The third-order valence-corrected chi connectivity index (χ3v) is 7.05. The van der Waals surface area contributed by atoms with Gasteiger partial charge in [0.1, 0.15) is 18.6 Å². The molecule has 0 radical (unpaired) electrons. The number of carbonyl (C=O) groups excluding carboxylic acids is 6. The molecule has 2 rings (SSSR count). The Balaban J connectivity index is 2.09. The Morgan fingerprint density at radius 3 is 2.30 bits per heavy atom. The minimum atomic E-state index is -1.03. The van der Waals surface area contributed by atoms with E-state index in [1.165, 1.54) is 11.0 Å². The minimum Gasteiger partial charge on any atom is -0.464 e. The van der Waals surface area contributed by atoms with Crippen LogP contribution in [-0.2, 0) is 28.7 Å². The standard InChI is InChI=1S/C28H45N5O7/c1-7-9-19(22(35)25(37)29-13-8-2)31-24(36)21-17(3)12-14-33(21)26(38)23(28(4,5)6)32-27(39)30-15-20(34)40-16-18-10-11-18/h8,17-19,21,23H,2,7,9-16H2,1,3-6H3,(H,29,37)(H,31,36)(H2,30,32,39). The third kappa shape index (κ3) is 9.63. The molecule has 4 unspecified atom stereocenters. The van der Waals surface area contributed by atoms with Crippen LogP contribution in [0.15, 0.2) is 12.7 Å². The van der Waals surface area contributed by atoms with Crippen LogP contribution in [0.2, 0.25) is 0 Å². The highest BCUT2D eigenvalue weighted by atomic mass is 16.5. The maximum Gasteiger partial charge on any atom is 0.325 e. The summed E-state index contributed by atoms with van der Waals surface area (Å²) in [6.45, 7) is 12.9. The van der Waals surface area contributed by atoms with Crippen LogP contribution in [-0.4, -0.2) is 84.8 Å². The second-order valence-electron chi connectivity index (χ2n) is 11.7. The second-order valence-corrected chi connectivity index (χ2v) is 11.7. The van der Waals surface area contributed by atoms with Gasteiger partial charge in [-0.1, -0.05) is 47.1 Å². The van der Waals surface area contributed by atoms with Crippen molar-refractivity contribution in [3.8, 4) is 0 Å². The lowest BCUT2D eigenvalue weighted by atomic mass is 9.85. The molecular formula is C28H45N5O7. The Morgan fingerprint density at radius 2 is 1.73 bits per heavy atom. The monoisotopic (exact) mass is 563 g/mol. The molecule has 5 amide bonds. The molecule has 0 aromatic carbocycles. The van der Waals surface area contributed by atoms with Gasteiger partial charge in [-0.2, -0.15) is 0 Å². The summed E-state index contributed by atoms with van der Waals surface area (Å²) < 4.78 is 5.11. The third-order valence-electron chi connectivity index (χ3n) is 7.05. The van der Waals surface area contributed by atoms with Gasteiger partial charge < -0.3 is 30.9 Å². The van der Waals surface area contributed by atoms with Gasteiger partial charge in [0.05, 0.1) is 12.6 Å². The number of ether oxygens (including phenoxy) is 1. The van der Waals surface area contributed by atoms with E-state index >= 15 is 0 Å². The molecule has 12 nitrogen and oxygen atoms in total. The summed E-state index contributed by atoms with van der Waals surface area (Å²) >= 11 is 0. The summed E-state index contributed by atoms with van der Waals surface area (Å²) in [5.41, 5.74) is -0.724. The summed E-state index contributed by atoms with van der Waals surface area (Å²) in [5, 5.41) is 10.2. The molecule has 0 spiro atoms.